The van der Waals surface area contributed by atoms with Crippen molar-refractivity contribution in [3.8, 4) is 0 Å². The molecule has 0 aliphatic rings. The molecule has 0 fully saturated rings. The van der Waals surface area contributed by atoms with Gasteiger partial charge in [0.15, 0.2) is 0 Å². The Morgan fingerprint density at radius 2 is 1.36 bits per heavy atom. The zero-order chi connectivity index (χ0) is 11.1. The van der Waals surface area contributed by atoms with Crippen LogP contribution in [0.2, 0.25) is 0 Å². The van der Waals surface area contributed by atoms with E-state index >= 15 is 0 Å². The lowest BCUT2D eigenvalue weighted by Gasteiger charge is -2.13. The molecule has 0 aromatic heterocycles. The third-order valence-corrected chi connectivity index (χ3v) is 2.08. The van der Waals surface area contributed by atoms with Gasteiger partial charge in [-0.25, -0.2) is 0 Å². The average molecular weight is 193 g/mol. The summed E-state index contributed by atoms with van der Waals surface area (Å²) in [5, 5.41) is 0. The van der Waals surface area contributed by atoms with E-state index in [2.05, 4.69) is 57.1 Å². The molecule has 0 N–H and O–H groups in total. The van der Waals surface area contributed by atoms with Crippen LogP contribution in [0.15, 0.2) is 24.3 Å². The van der Waals surface area contributed by atoms with E-state index in [4.69, 9.17) is 0 Å². The average Bonchev–Trinajstić information content (AvgIpc) is 2.21. The van der Waals surface area contributed by atoms with E-state index in [9.17, 15) is 0 Å². The van der Waals surface area contributed by atoms with Crippen molar-refractivity contribution in [3.63, 3.8) is 0 Å². The van der Waals surface area contributed by atoms with Gasteiger partial charge in [0.25, 0.3) is 0 Å². The van der Waals surface area contributed by atoms with Gasteiger partial charge in [0, 0.05) is 19.8 Å². The second kappa shape index (κ2) is 6.47. The first kappa shape index (κ1) is 13.0. The molecule has 1 aromatic carbocycles. The van der Waals surface area contributed by atoms with Crippen LogP contribution in [0.4, 0.5) is 5.69 Å². The molecule has 0 unspecified atom stereocenters. The summed E-state index contributed by atoms with van der Waals surface area (Å²) in [5.41, 5.74) is 2.67. The first-order valence-corrected chi connectivity index (χ1v) is 5.38. The van der Waals surface area contributed by atoms with Gasteiger partial charge in [0.1, 0.15) is 0 Å². The van der Waals surface area contributed by atoms with E-state index in [0.29, 0.717) is 5.92 Å². The third-order valence-electron chi connectivity index (χ3n) is 2.08. The summed E-state index contributed by atoms with van der Waals surface area (Å²) in [6, 6.07) is 8.71. The van der Waals surface area contributed by atoms with E-state index in [1.165, 1.54) is 11.3 Å². The van der Waals surface area contributed by atoms with E-state index in [0.717, 1.165) is 0 Å². The van der Waals surface area contributed by atoms with E-state index < -0.39 is 0 Å². The fourth-order valence-electron chi connectivity index (χ4n) is 1.16. The zero-order valence-electron chi connectivity index (χ0n) is 10.3. The van der Waals surface area contributed by atoms with Crippen molar-refractivity contribution >= 4 is 5.69 Å². The minimum Gasteiger partial charge on any atom is -0.378 e. The molecule has 0 saturated heterocycles. The maximum Gasteiger partial charge on any atom is 0.0361 e. The standard InChI is InChI=1S/C11H17N.C2H6/c1-9(2)10-5-7-11(8-6-10)12(3)4;1-2/h5-9H,1-4H3;1-2H3. The van der Waals surface area contributed by atoms with Crippen molar-refractivity contribution in [2.75, 3.05) is 19.0 Å². The molecular formula is C13H23N. The number of hydrogen-bond acceptors (Lipinski definition) is 1. The maximum absolute atomic E-state index is 2.21. The van der Waals surface area contributed by atoms with Crippen molar-refractivity contribution in [2.45, 2.75) is 33.6 Å². The summed E-state index contributed by atoms with van der Waals surface area (Å²) in [6.45, 7) is 8.43. The highest BCUT2D eigenvalue weighted by Gasteiger charge is 1.98. The smallest absolute Gasteiger partial charge is 0.0361 e. The van der Waals surface area contributed by atoms with Crippen molar-refractivity contribution in [2.24, 2.45) is 0 Å². The fourth-order valence-corrected chi connectivity index (χ4v) is 1.16. The highest BCUT2D eigenvalue weighted by atomic mass is 15.1. The summed E-state index contributed by atoms with van der Waals surface area (Å²) in [5.74, 6) is 0.626. The summed E-state index contributed by atoms with van der Waals surface area (Å²) in [6.07, 6.45) is 0. The zero-order valence-corrected chi connectivity index (χ0v) is 10.3. The second-order valence-corrected chi connectivity index (χ2v) is 3.64. The molecule has 0 bridgehead atoms. The van der Waals surface area contributed by atoms with Gasteiger partial charge in [-0.15, -0.1) is 0 Å². The van der Waals surface area contributed by atoms with Crippen molar-refractivity contribution in [1.29, 1.82) is 0 Å². The predicted octanol–water partition coefficient (Wildman–Crippen LogP) is 3.90. The molecule has 0 atom stereocenters. The van der Waals surface area contributed by atoms with Crippen LogP contribution >= 0.6 is 0 Å². The molecule has 80 valence electrons. The van der Waals surface area contributed by atoms with Gasteiger partial charge in [0.05, 0.1) is 0 Å². The van der Waals surface area contributed by atoms with Crippen molar-refractivity contribution in [1.82, 2.24) is 0 Å². The second-order valence-electron chi connectivity index (χ2n) is 3.64. The summed E-state index contributed by atoms with van der Waals surface area (Å²) >= 11 is 0. The molecule has 14 heavy (non-hydrogen) atoms. The van der Waals surface area contributed by atoms with E-state index in [1.807, 2.05) is 13.8 Å². The van der Waals surface area contributed by atoms with E-state index in [1.54, 1.807) is 0 Å². The predicted molar refractivity (Wildman–Crippen MR) is 66.2 cm³/mol. The topological polar surface area (TPSA) is 3.24 Å². The van der Waals surface area contributed by atoms with Gasteiger partial charge in [-0.2, -0.15) is 0 Å². The van der Waals surface area contributed by atoms with Crippen LogP contribution in [-0.2, 0) is 0 Å². The van der Waals surface area contributed by atoms with Crippen LogP contribution < -0.4 is 4.90 Å². The van der Waals surface area contributed by atoms with Crippen LogP contribution in [0.1, 0.15) is 39.2 Å². The van der Waals surface area contributed by atoms with E-state index in [-0.39, 0.29) is 0 Å². The highest BCUT2D eigenvalue weighted by molar-refractivity contribution is 5.46. The molecule has 0 radical (unpaired) electrons. The van der Waals surface area contributed by atoms with Crippen LogP contribution in [0, 0.1) is 0 Å². The molecule has 0 heterocycles. The summed E-state index contributed by atoms with van der Waals surface area (Å²) < 4.78 is 0. The maximum atomic E-state index is 2.21. The largest absolute Gasteiger partial charge is 0.378 e. The highest BCUT2D eigenvalue weighted by Crippen LogP contribution is 2.18. The number of rotatable bonds is 2. The van der Waals surface area contributed by atoms with Gasteiger partial charge in [0.2, 0.25) is 0 Å². The minimum atomic E-state index is 0.626. The lowest BCUT2D eigenvalue weighted by Crippen LogP contribution is -2.08. The Bertz CT molecular complexity index is 207. The summed E-state index contributed by atoms with van der Waals surface area (Å²) in [4.78, 5) is 2.12. The Labute approximate surface area is 88.8 Å². The van der Waals surface area contributed by atoms with Crippen LogP contribution in [0.5, 0.6) is 0 Å². The van der Waals surface area contributed by atoms with Gasteiger partial charge >= 0.3 is 0 Å². The first-order valence-electron chi connectivity index (χ1n) is 5.38. The first-order chi connectivity index (χ1) is 6.61. The molecule has 1 rings (SSSR count). The molecule has 1 nitrogen and oxygen atoms in total. The fraction of sp³-hybridized carbons (Fsp3) is 0.538. The van der Waals surface area contributed by atoms with Crippen LogP contribution in [-0.4, -0.2) is 14.1 Å². The number of benzene rings is 1. The number of anilines is 1. The lowest BCUT2D eigenvalue weighted by atomic mass is 10.0. The van der Waals surface area contributed by atoms with Crippen LogP contribution in [0.25, 0.3) is 0 Å². The Balaban J connectivity index is 0.000000791. The van der Waals surface area contributed by atoms with Crippen LogP contribution in [0.3, 0.4) is 0 Å². The normalized spacial score (nSPS) is 9.36. The van der Waals surface area contributed by atoms with Crippen molar-refractivity contribution < 1.29 is 0 Å². The Kier molecular flexibility index (Phi) is 6.02. The molecule has 0 aliphatic carbocycles. The number of nitrogens with zero attached hydrogens (tertiary/aromatic N) is 1. The molecule has 0 saturated carbocycles. The lowest BCUT2D eigenvalue weighted by molar-refractivity contribution is 0.866. The Hall–Kier alpha value is -0.980. The van der Waals surface area contributed by atoms with Gasteiger partial charge in [-0.1, -0.05) is 39.8 Å². The molecule has 0 spiro atoms. The Morgan fingerprint density at radius 1 is 0.929 bits per heavy atom. The molecule has 1 heteroatoms. The SMILES string of the molecule is CC.CC(C)c1ccc(N(C)C)cc1. The molecular weight excluding hydrogens is 170 g/mol. The molecule has 0 amide bonds. The van der Waals surface area contributed by atoms with Crippen molar-refractivity contribution in [3.05, 3.63) is 29.8 Å². The molecule has 0 aliphatic heterocycles. The molecule has 1 aromatic rings. The van der Waals surface area contributed by atoms with Gasteiger partial charge < -0.3 is 4.90 Å². The number of hydrogen-bond donors (Lipinski definition) is 0. The minimum absolute atomic E-state index is 0.626. The monoisotopic (exact) mass is 193 g/mol. The Morgan fingerprint density at radius 3 is 1.64 bits per heavy atom. The summed E-state index contributed by atoms with van der Waals surface area (Å²) in [7, 11) is 4.12. The van der Waals surface area contributed by atoms with Gasteiger partial charge in [-0.3, -0.25) is 0 Å². The quantitative estimate of drug-likeness (QED) is 0.688. The third kappa shape index (κ3) is 3.82. The van der Waals surface area contributed by atoms with Gasteiger partial charge in [-0.05, 0) is 23.6 Å².